The number of aromatic amines is 1. The first-order valence-corrected chi connectivity index (χ1v) is 11.9. The minimum absolute atomic E-state index is 0.103. The number of nitrogens with zero attached hydrogens (tertiary/aromatic N) is 4. The standard InChI is InChI=1S/C26H28FN7O2/c1-17-23(27)24(32-26(29-17)34-12-10-33(11-13-34)14-15-35)30-18-6-8-19(9-7-18)31-25(36)21-16-28-22-5-3-2-4-20(21)22/h2-9,16,28,35H,10-15H2,1H3,(H,31,36)(H,29,30,32). The number of piperazine rings is 1. The molecule has 0 aliphatic carbocycles. The van der Waals surface area contributed by atoms with Crippen LogP contribution in [0.3, 0.4) is 0 Å². The normalized spacial score (nSPS) is 14.2. The number of hydrogen-bond acceptors (Lipinski definition) is 7. The predicted molar refractivity (Wildman–Crippen MR) is 138 cm³/mol. The lowest BCUT2D eigenvalue weighted by Gasteiger charge is -2.34. The lowest BCUT2D eigenvalue weighted by molar-refractivity contribution is 0.102. The molecule has 1 aliphatic rings. The molecule has 1 amide bonds. The van der Waals surface area contributed by atoms with Crippen LogP contribution in [0.4, 0.5) is 27.5 Å². The number of aliphatic hydroxyl groups excluding tert-OH is 1. The van der Waals surface area contributed by atoms with Crippen molar-refractivity contribution < 1.29 is 14.3 Å². The second-order valence-corrected chi connectivity index (χ2v) is 8.73. The van der Waals surface area contributed by atoms with Gasteiger partial charge in [0.2, 0.25) is 5.95 Å². The zero-order valence-corrected chi connectivity index (χ0v) is 20.0. The predicted octanol–water partition coefficient (Wildman–Crippen LogP) is 3.52. The minimum Gasteiger partial charge on any atom is -0.395 e. The number of carbonyl (C=O) groups is 1. The van der Waals surface area contributed by atoms with Gasteiger partial charge in [0.15, 0.2) is 11.6 Å². The van der Waals surface area contributed by atoms with E-state index in [1.54, 1.807) is 37.4 Å². The van der Waals surface area contributed by atoms with Gasteiger partial charge in [-0.25, -0.2) is 9.37 Å². The van der Waals surface area contributed by atoms with Crippen molar-refractivity contribution in [3.05, 3.63) is 71.8 Å². The fourth-order valence-corrected chi connectivity index (χ4v) is 4.31. The SMILES string of the molecule is Cc1nc(N2CCN(CCO)CC2)nc(Nc2ccc(NC(=O)c3c[nH]c4ccccc34)cc2)c1F. The third kappa shape index (κ3) is 5.00. The van der Waals surface area contributed by atoms with E-state index in [2.05, 4.69) is 30.5 Å². The molecule has 4 N–H and O–H groups in total. The summed E-state index contributed by atoms with van der Waals surface area (Å²) in [7, 11) is 0. The Labute approximate surface area is 208 Å². The Morgan fingerprint density at radius 3 is 2.53 bits per heavy atom. The van der Waals surface area contributed by atoms with Crippen LogP contribution in [0.5, 0.6) is 0 Å². The summed E-state index contributed by atoms with van der Waals surface area (Å²) in [5, 5.41) is 15.9. The molecule has 0 saturated carbocycles. The molecule has 2 aromatic carbocycles. The molecule has 1 aliphatic heterocycles. The van der Waals surface area contributed by atoms with Crippen molar-refractivity contribution in [2.45, 2.75) is 6.92 Å². The highest BCUT2D eigenvalue weighted by Crippen LogP contribution is 2.25. The van der Waals surface area contributed by atoms with Crippen LogP contribution >= 0.6 is 0 Å². The van der Waals surface area contributed by atoms with Gasteiger partial charge in [-0.15, -0.1) is 0 Å². The Balaban J connectivity index is 1.27. The molecule has 3 heterocycles. The third-order valence-electron chi connectivity index (χ3n) is 6.32. The van der Waals surface area contributed by atoms with E-state index in [0.29, 0.717) is 42.5 Å². The monoisotopic (exact) mass is 489 g/mol. The van der Waals surface area contributed by atoms with Crippen LogP contribution in [0.25, 0.3) is 10.9 Å². The maximum absolute atomic E-state index is 14.8. The largest absolute Gasteiger partial charge is 0.395 e. The number of amides is 1. The Kier molecular flexibility index (Phi) is 6.79. The summed E-state index contributed by atoms with van der Waals surface area (Å²) < 4.78 is 14.8. The van der Waals surface area contributed by atoms with Crippen LogP contribution in [-0.4, -0.2) is 70.2 Å². The number of carbonyl (C=O) groups excluding carboxylic acids is 1. The van der Waals surface area contributed by atoms with E-state index in [-0.39, 0.29) is 24.0 Å². The molecule has 0 atom stereocenters. The Bertz CT molecular complexity index is 1360. The number of aliphatic hydroxyl groups is 1. The smallest absolute Gasteiger partial charge is 0.257 e. The van der Waals surface area contributed by atoms with Gasteiger partial charge in [0.25, 0.3) is 5.91 Å². The van der Waals surface area contributed by atoms with E-state index >= 15 is 0 Å². The first kappa shape index (κ1) is 23.7. The van der Waals surface area contributed by atoms with Gasteiger partial charge in [-0.05, 0) is 37.3 Å². The minimum atomic E-state index is -0.505. The summed E-state index contributed by atoms with van der Waals surface area (Å²) in [4.78, 5) is 28.8. The summed E-state index contributed by atoms with van der Waals surface area (Å²) >= 11 is 0. The number of anilines is 4. The molecule has 5 rings (SSSR count). The van der Waals surface area contributed by atoms with Gasteiger partial charge in [0.05, 0.1) is 17.9 Å². The van der Waals surface area contributed by atoms with Crippen LogP contribution in [0.15, 0.2) is 54.7 Å². The Hall–Kier alpha value is -4.02. The average Bonchev–Trinajstić information content (AvgIpc) is 3.33. The van der Waals surface area contributed by atoms with Gasteiger partial charge in [0.1, 0.15) is 0 Å². The van der Waals surface area contributed by atoms with Crippen molar-refractivity contribution in [3.8, 4) is 0 Å². The quantitative estimate of drug-likeness (QED) is 0.315. The van der Waals surface area contributed by atoms with Crippen molar-refractivity contribution in [1.29, 1.82) is 0 Å². The first-order chi connectivity index (χ1) is 17.5. The van der Waals surface area contributed by atoms with E-state index in [4.69, 9.17) is 5.11 Å². The molecule has 186 valence electrons. The van der Waals surface area contributed by atoms with Gasteiger partial charge in [-0.2, -0.15) is 4.98 Å². The number of para-hydroxylation sites is 1. The van der Waals surface area contributed by atoms with Crippen molar-refractivity contribution in [3.63, 3.8) is 0 Å². The van der Waals surface area contributed by atoms with E-state index < -0.39 is 5.82 Å². The number of benzene rings is 2. The highest BCUT2D eigenvalue weighted by Gasteiger charge is 2.21. The average molecular weight is 490 g/mol. The molecule has 0 bridgehead atoms. The van der Waals surface area contributed by atoms with Crippen LogP contribution in [0.1, 0.15) is 16.1 Å². The maximum Gasteiger partial charge on any atom is 0.257 e. The van der Waals surface area contributed by atoms with Crippen LogP contribution < -0.4 is 15.5 Å². The van der Waals surface area contributed by atoms with Crippen LogP contribution in [0, 0.1) is 12.7 Å². The molecule has 0 spiro atoms. The second kappa shape index (κ2) is 10.3. The number of aryl methyl sites for hydroxylation is 1. The van der Waals surface area contributed by atoms with E-state index in [9.17, 15) is 9.18 Å². The number of H-pyrrole nitrogens is 1. The van der Waals surface area contributed by atoms with Gasteiger partial charge >= 0.3 is 0 Å². The van der Waals surface area contributed by atoms with Gasteiger partial charge < -0.3 is 25.6 Å². The molecule has 0 radical (unpaired) electrons. The number of aromatic nitrogens is 3. The summed E-state index contributed by atoms with van der Waals surface area (Å²) in [6.07, 6.45) is 1.69. The van der Waals surface area contributed by atoms with Crippen molar-refractivity contribution in [1.82, 2.24) is 19.9 Å². The van der Waals surface area contributed by atoms with Crippen molar-refractivity contribution >= 4 is 40.0 Å². The third-order valence-corrected chi connectivity index (χ3v) is 6.32. The fraction of sp³-hybridized carbons (Fsp3) is 0.269. The van der Waals surface area contributed by atoms with Gasteiger partial charge in [-0.3, -0.25) is 9.69 Å². The highest BCUT2D eigenvalue weighted by atomic mass is 19.1. The zero-order chi connectivity index (χ0) is 25.1. The number of halogens is 1. The van der Waals surface area contributed by atoms with Crippen LogP contribution in [-0.2, 0) is 0 Å². The molecule has 2 aromatic heterocycles. The number of β-amino-alcohol motifs (C(OH)–C–C–N with tert-alkyl or cyclic N) is 1. The fourth-order valence-electron chi connectivity index (χ4n) is 4.31. The molecular formula is C26H28FN7O2. The van der Waals surface area contributed by atoms with Gasteiger partial charge in [0, 0.05) is 61.2 Å². The van der Waals surface area contributed by atoms with E-state index in [0.717, 1.165) is 24.0 Å². The number of fused-ring (bicyclic) bond motifs is 1. The van der Waals surface area contributed by atoms with Crippen LogP contribution in [0.2, 0.25) is 0 Å². The van der Waals surface area contributed by atoms with E-state index in [1.807, 2.05) is 29.2 Å². The molecule has 9 nitrogen and oxygen atoms in total. The zero-order valence-electron chi connectivity index (χ0n) is 20.0. The first-order valence-electron chi connectivity index (χ1n) is 11.9. The molecule has 0 unspecified atom stereocenters. The lowest BCUT2D eigenvalue weighted by Crippen LogP contribution is -2.47. The van der Waals surface area contributed by atoms with Crippen molar-refractivity contribution in [2.75, 3.05) is 54.9 Å². The Morgan fingerprint density at radius 2 is 1.78 bits per heavy atom. The molecule has 36 heavy (non-hydrogen) atoms. The molecule has 10 heteroatoms. The molecule has 1 saturated heterocycles. The summed E-state index contributed by atoms with van der Waals surface area (Å²) in [6, 6.07) is 14.6. The molecule has 1 fully saturated rings. The summed E-state index contributed by atoms with van der Waals surface area (Å²) in [5.41, 5.74) is 2.99. The lowest BCUT2D eigenvalue weighted by atomic mass is 10.1. The van der Waals surface area contributed by atoms with Crippen molar-refractivity contribution in [2.24, 2.45) is 0 Å². The van der Waals surface area contributed by atoms with E-state index in [1.165, 1.54) is 0 Å². The Morgan fingerprint density at radius 1 is 1.06 bits per heavy atom. The number of nitrogens with one attached hydrogen (secondary N) is 3. The second-order valence-electron chi connectivity index (χ2n) is 8.73. The molecular weight excluding hydrogens is 461 g/mol. The summed E-state index contributed by atoms with van der Waals surface area (Å²) in [5.74, 6) is -0.141. The van der Waals surface area contributed by atoms with Gasteiger partial charge in [-0.1, -0.05) is 18.2 Å². The highest BCUT2D eigenvalue weighted by molar-refractivity contribution is 6.12. The topological polar surface area (TPSA) is 109 Å². The number of rotatable bonds is 7. The molecule has 4 aromatic rings. The summed E-state index contributed by atoms with van der Waals surface area (Å²) in [6.45, 7) is 5.37. The maximum atomic E-state index is 14.8. The number of hydrogen-bond donors (Lipinski definition) is 4.